The first-order valence-corrected chi connectivity index (χ1v) is 7.41. The van der Waals surface area contributed by atoms with Crippen LogP contribution in [0.2, 0.25) is 0 Å². The van der Waals surface area contributed by atoms with E-state index >= 15 is 0 Å². The highest BCUT2D eigenvalue weighted by Gasteiger charge is 2.26. The Labute approximate surface area is 117 Å². The molecule has 1 aliphatic carbocycles. The number of amides is 1. The maximum atomic E-state index is 12.0. The van der Waals surface area contributed by atoms with Gasteiger partial charge in [0.2, 0.25) is 5.91 Å². The van der Waals surface area contributed by atoms with Crippen LogP contribution in [0.3, 0.4) is 0 Å². The van der Waals surface area contributed by atoms with Crippen LogP contribution in [0.25, 0.3) is 6.08 Å². The monoisotopic (exact) mass is 280 g/mol. The van der Waals surface area contributed by atoms with E-state index in [0.29, 0.717) is 6.54 Å². The first-order valence-electron chi connectivity index (χ1n) is 6.60. The molecule has 0 saturated heterocycles. The van der Waals surface area contributed by atoms with Gasteiger partial charge in [-0.1, -0.05) is 6.42 Å². The standard InChI is InChI=1S/C14H20N2O2S/c1-10-15-8-12(19-10)6-7-14(18)16(2)9-11-4-3-5-13(11)17/h6-8,11,13,17H,3-5,9H2,1-2H3/b7-6+. The third-order valence-electron chi connectivity index (χ3n) is 3.53. The first kappa shape index (κ1) is 14.2. The number of hydrogen-bond donors (Lipinski definition) is 1. The molecule has 2 rings (SSSR count). The highest BCUT2D eigenvalue weighted by atomic mass is 32.1. The molecule has 5 heteroatoms. The Hall–Kier alpha value is -1.20. The second kappa shape index (κ2) is 6.30. The van der Waals surface area contributed by atoms with E-state index in [2.05, 4.69) is 4.98 Å². The molecule has 0 radical (unpaired) electrons. The zero-order valence-corrected chi connectivity index (χ0v) is 12.2. The smallest absolute Gasteiger partial charge is 0.246 e. The van der Waals surface area contributed by atoms with Gasteiger partial charge in [-0.05, 0) is 25.8 Å². The summed E-state index contributed by atoms with van der Waals surface area (Å²) in [5.74, 6) is 0.207. The molecule has 104 valence electrons. The summed E-state index contributed by atoms with van der Waals surface area (Å²) in [6, 6.07) is 0. The highest BCUT2D eigenvalue weighted by Crippen LogP contribution is 2.26. The van der Waals surface area contributed by atoms with E-state index in [4.69, 9.17) is 0 Å². The summed E-state index contributed by atoms with van der Waals surface area (Å²) < 4.78 is 0. The quantitative estimate of drug-likeness (QED) is 0.859. The maximum Gasteiger partial charge on any atom is 0.246 e. The van der Waals surface area contributed by atoms with Crippen molar-refractivity contribution in [3.05, 3.63) is 22.2 Å². The van der Waals surface area contributed by atoms with Crippen LogP contribution in [0.15, 0.2) is 12.3 Å². The van der Waals surface area contributed by atoms with Crippen LogP contribution in [-0.2, 0) is 4.79 Å². The molecule has 0 spiro atoms. The van der Waals surface area contributed by atoms with E-state index in [9.17, 15) is 9.90 Å². The van der Waals surface area contributed by atoms with Crippen LogP contribution < -0.4 is 0 Å². The van der Waals surface area contributed by atoms with Gasteiger partial charge in [0.1, 0.15) is 0 Å². The molecule has 19 heavy (non-hydrogen) atoms. The molecule has 0 aromatic carbocycles. The molecule has 1 saturated carbocycles. The molecule has 1 heterocycles. The Kier molecular flexibility index (Phi) is 4.71. The maximum absolute atomic E-state index is 12.0. The topological polar surface area (TPSA) is 53.4 Å². The molecule has 1 amide bonds. The Morgan fingerprint density at radius 2 is 2.42 bits per heavy atom. The molecule has 0 bridgehead atoms. The van der Waals surface area contributed by atoms with Crippen molar-refractivity contribution in [1.29, 1.82) is 0 Å². The fraction of sp³-hybridized carbons (Fsp3) is 0.571. The van der Waals surface area contributed by atoms with Crippen LogP contribution in [0.1, 0.15) is 29.1 Å². The Morgan fingerprint density at radius 1 is 1.63 bits per heavy atom. The fourth-order valence-electron chi connectivity index (χ4n) is 2.41. The number of nitrogens with zero attached hydrogens (tertiary/aromatic N) is 2. The Morgan fingerprint density at radius 3 is 3.00 bits per heavy atom. The van der Waals surface area contributed by atoms with Crippen molar-refractivity contribution in [2.75, 3.05) is 13.6 Å². The first-order chi connectivity index (χ1) is 9.06. The number of hydrogen-bond acceptors (Lipinski definition) is 4. The van der Waals surface area contributed by atoms with Gasteiger partial charge in [0, 0.05) is 36.7 Å². The van der Waals surface area contributed by atoms with Crippen LogP contribution in [0, 0.1) is 12.8 Å². The summed E-state index contributed by atoms with van der Waals surface area (Å²) >= 11 is 1.57. The summed E-state index contributed by atoms with van der Waals surface area (Å²) in [6.45, 7) is 2.57. The molecule has 1 aromatic rings. The van der Waals surface area contributed by atoms with Crippen LogP contribution in [-0.4, -0.2) is 40.6 Å². The van der Waals surface area contributed by atoms with Gasteiger partial charge < -0.3 is 10.0 Å². The van der Waals surface area contributed by atoms with Gasteiger partial charge in [-0.25, -0.2) is 4.98 Å². The lowest BCUT2D eigenvalue weighted by molar-refractivity contribution is -0.125. The number of aromatic nitrogens is 1. The van der Waals surface area contributed by atoms with Gasteiger partial charge in [-0.2, -0.15) is 0 Å². The van der Waals surface area contributed by atoms with Crippen molar-refractivity contribution < 1.29 is 9.90 Å². The van der Waals surface area contributed by atoms with Crippen LogP contribution in [0.4, 0.5) is 0 Å². The predicted molar refractivity (Wildman–Crippen MR) is 76.9 cm³/mol. The SMILES string of the molecule is Cc1ncc(/C=C/C(=O)N(C)CC2CCCC2O)s1. The van der Waals surface area contributed by atoms with E-state index < -0.39 is 0 Å². The van der Waals surface area contributed by atoms with Gasteiger partial charge in [0.25, 0.3) is 0 Å². The summed E-state index contributed by atoms with van der Waals surface area (Å²) in [7, 11) is 1.79. The lowest BCUT2D eigenvalue weighted by Crippen LogP contribution is -2.33. The highest BCUT2D eigenvalue weighted by molar-refractivity contribution is 7.12. The third kappa shape index (κ3) is 3.88. The number of thiazole rings is 1. The van der Waals surface area contributed by atoms with E-state index in [0.717, 1.165) is 29.1 Å². The zero-order valence-electron chi connectivity index (χ0n) is 11.4. The van der Waals surface area contributed by atoms with Crippen molar-refractivity contribution >= 4 is 23.3 Å². The number of carbonyl (C=O) groups is 1. The summed E-state index contributed by atoms with van der Waals surface area (Å²) in [6.07, 6.45) is 7.83. The molecular weight excluding hydrogens is 260 g/mol. The normalized spacial score (nSPS) is 23.1. The average Bonchev–Trinajstić information content (AvgIpc) is 2.96. The van der Waals surface area contributed by atoms with Crippen molar-refractivity contribution in [3.63, 3.8) is 0 Å². The van der Waals surface area contributed by atoms with Crippen molar-refractivity contribution in [3.8, 4) is 0 Å². The zero-order chi connectivity index (χ0) is 13.8. The molecule has 1 aromatic heterocycles. The van der Waals surface area contributed by atoms with Gasteiger partial charge >= 0.3 is 0 Å². The lowest BCUT2D eigenvalue weighted by Gasteiger charge is -2.22. The largest absolute Gasteiger partial charge is 0.393 e. The Balaban J connectivity index is 1.86. The van der Waals surface area contributed by atoms with E-state index in [1.165, 1.54) is 0 Å². The predicted octanol–water partition coefficient (Wildman–Crippen LogP) is 2.08. The molecule has 2 atom stereocenters. The minimum absolute atomic E-state index is 0.0230. The van der Waals surface area contributed by atoms with Gasteiger partial charge in [-0.3, -0.25) is 4.79 Å². The molecular formula is C14H20N2O2S. The van der Waals surface area contributed by atoms with Crippen LogP contribution >= 0.6 is 11.3 Å². The second-order valence-electron chi connectivity index (χ2n) is 5.09. The Bertz CT molecular complexity index is 470. The molecule has 2 unspecified atom stereocenters. The van der Waals surface area contributed by atoms with Crippen molar-refractivity contribution in [2.45, 2.75) is 32.3 Å². The van der Waals surface area contributed by atoms with E-state index in [1.54, 1.807) is 41.6 Å². The average molecular weight is 280 g/mol. The van der Waals surface area contributed by atoms with Crippen molar-refractivity contribution in [1.82, 2.24) is 9.88 Å². The summed E-state index contributed by atoms with van der Waals surface area (Å²) in [5, 5.41) is 10.8. The number of likely N-dealkylation sites (N-methyl/N-ethyl adjacent to an activating group) is 1. The van der Waals surface area contributed by atoms with Crippen LogP contribution in [0.5, 0.6) is 0 Å². The third-order valence-corrected chi connectivity index (χ3v) is 4.41. The lowest BCUT2D eigenvalue weighted by atomic mass is 10.1. The molecule has 4 nitrogen and oxygen atoms in total. The molecule has 1 aliphatic rings. The number of rotatable bonds is 4. The van der Waals surface area contributed by atoms with Gasteiger partial charge in [0.05, 0.1) is 11.1 Å². The van der Waals surface area contributed by atoms with Crippen molar-refractivity contribution in [2.24, 2.45) is 5.92 Å². The van der Waals surface area contributed by atoms with Gasteiger partial charge in [-0.15, -0.1) is 11.3 Å². The van der Waals surface area contributed by atoms with E-state index in [1.807, 2.05) is 6.92 Å². The van der Waals surface area contributed by atoms with Gasteiger partial charge in [0.15, 0.2) is 0 Å². The van der Waals surface area contributed by atoms with E-state index in [-0.39, 0.29) is 17.9 Å². The number of aryl methyl sites for hydroxylation is 1. The minimum atomic E-state index is -0.247. The summed E-state index contributed by atoms with van der Waals surface area (Å²) in [4.78, 5) is 18.8. The fourth-order valence-corrected chi connectivity index (χ4v) is 3.10. The minimum Gasteiger partial charge on any atom is -0.393 e. The summed E-state index contributed by atoms with van der Waals surface area (Å²) in [5.41, 5.74) is 0. The second-order valence-corrected chi connectivity index (χ2v) is 6.36. The number of aliphatic hydroxyl groups excluding tert-OH is 1. The molecule has 1 N–H and O–H groups in total. The number of carbonyl (C=O) groups excluding carboxylic acids is 1. The molecule has 1 fully saturated rings. The number of aliphatic hydroxyl groups is 1. The molecule has 0 aliphatic heterocycles.